The van der Waals surface area contributed by atoms with Crippen molar-refractivity contribution in [2.24, 2.45) is 10.8 Å². The maximum atomic E-state index is 10.7. The first-order valence-electron chi connectivity index (χ1n) is 7.32. The fourth-order valence-electron chi connectivity index (χ4n) is 5.48. The Morgan fingerprint density at radius 1 is 1.26 bits per heavy atom. The van der Waals surface area contributed by atoms with Crippen LogP contribution in [0.3, 0.4) is 0 Å². The molecule has 3 aliphatic rings. The summed E-state index contributed by atoms with van der Waals surface area (Å²) >= 11 is 0. The van der Waals surface area contributed by atoms with Crippen LogP contribution < -0.4 is 0 Å². The first kappa shape index (κ1) is 12.0. The predicted molar refractivity (Wildman–Crippen MR) is 70.8 cm³/mol. The number of hydrogen-bond acceptors (Lipinski definition) is 3. The van der Waals surface area contributed by atoms with Gasteiger partial charge in [-0.1, -0.05) is 27.2 Å². The van der Waals surface area contributed by atoms with Crippen molar-refractivity contribution >= 4 is 0 Å². The first-order chi connectivity index (χ1) is 8.94. The lowest BCUT2D eigenvalue weighted by molar-refractivity contribution is -0.0654. The summed E-state index contributed by atoms with van der Waals surface area (Å²) in [5.41, 5.74) is 1.15. The van der Waals surface area contributed by atoms with Crippen molar-refractivity contribution in [1.29, 1.82) is 0 Å². The van der Waals surface area contributed by atoms with E-state index in [1.165, 1.54) is 12.8 Å². The van der Waals surface area contributed by atoms with E-state index in [1.807, 2.05) is 6.07 Å². The zero-order chi connectivity index (χ0) is 13.5. The SMILES string of the molecule is CC1(C)CCC[C@]2(C)[C@@H](c3ccoc3)[C@H](O)[C@@H]3O[C@]312. The van der Waals surface area contributed by atoms with Gasteiger partial charge in [-0.25, -0.2) is 0 Å². The van der Waals surface area contributed by atoms with Gasteiger partial charge in [0.1, 0.15) is 11.7 Å². The van der Waals surface area contributed by atoms with Gasteiger partial charge >= 0.3 is 0 Å². The fourth-order valence-corrected chi connectivity index (χ4v) is 5.48. The molecule has 0 radical (unpaired) electrons. The number of epoxide rings is 1. The van der Waals surface area contributed by atoms with Crippen molar-refractivity contribution in [2.45, 2.75) is 63.8 Å². The van der Waals surface area contributed by atoms with Crippen LogP contribution in [-0.2, 0) is 4.74 Å². The Hall–Kier alpha value is -0.800. The van der Waals surface area contributed by atoms with E-state index in [-0.39, 0.29) is 28.5 Å². The van der Waals surface area contributed by atoms with Crippen LogP contribution in [-0.4, -0.2) is 22.9 Å². The molecule has 3 heteroatoms. The lowest BCUT2D eigenvalue weighted by Crippen LogP contribution is -2.51. The average Bonchev–Trinajstić information content (AvgIpc) is 2.84. The molecule has 1 N–H and O–H groups in total. The molecule has 4 rings (SSSR count). The van der Waals surface area contributed by atoms with Gasteiger partial charge in [-0.2, -0.15) is 0 Å². The molecule has 104 valence electrons. The summed E-state index contributed by atoms with van der Waals surface area (Å²) in [5.74, 6) is 0.143. The Balaban J connectivity index is 1.85. The van der Waals surface area contributed by atoms with Crippen LogP contribution >= 0.6 is 0 Å². The third-order valence-electron chi connectivity index (χ3n) is 6.25. The van der Waals surface area contributed by atoms with E-state index in [0.29, 0.717) is 0 Å². The molecule has 2 heterocycles. The normalized spacial score (nSPS) is 50.6. The Kier molecular flexibility index (Phi) is 2.06. The second kappa shape index (κ2) is 3.26. The third-order valence-corrected chi connectivity index (χ3v) is 6.25. The zero-order valence-electron chi connectivity index (χ0n) is 11.8. The van der Waals surface area contributed by atoms with Gasteiger partial charge in [0.05, 0.1) is 18.6 Å². The van der Waals surface area contributed by atoms with E-state index in [9.17, 15) is 5.11 Å². The second-order valence-electron chi connectivity index (χ2n) is 7.45. The van der Waals surface area contributed by atoms with Crippen molar-refractivity contribution in [1.82, 2.24) is 0 Å². The van der Waals surface area contributed by atoms with Crippen molar-refractivity contribution in [3.8, 4) is 0 Å². The molecule has 0 bridgehead atoms. The largest absolute Gasteiger partial charge is 0.472 e. The van der Waals surface area contributed by atoms with Gasteiger partial charge in [0.25, 0.3) is 0 Å². The number of aliphatic hydroxyl groups is 1. The molecule has 1 aromatic rings. The molecule has 2 aliphatic carbocycles. The van der Waals surface area contributed by atoms with Crippen molar-refractivity contribution in [2.75, 3.05) is 0 Å². The standard InChI is InChI=1S/C16H22O3/c1-14(2)6-4-7-15(3)11(10-5-8-18-9-10)12(17)13-16(14,15)19-13/h5,8-9,11-13,17H,4,6-7H2,1-3H3/t11-,12-,13-,15+,16+/m0/s1. The highest BCUT2D eigenvalue weighted by molar-refractivity contribution is 5.38. The van der Waals surface area contributed by atoms with E-state index >= 15 is 0 Å². The molecule has 0 amide bonds. The molecular weight excluding hydrogens is 240 g/mol. The fraction of sp³-hybridized carbons (Fsp3) is 0.750. The Morgan fingerprint density at radius 3 is 2.74 bits per heavy atom. The second-order valence-corrected chi connectivity index (χ2v) is 7.45. The summed E-state index contributed by atoms with van der Waals surface area (Å²) in [6, 6.07) is 2.00. The molecule has 1 aliphatic heterocycles. The molecule has 1 saturated heterocycles. The van der Waals surface area contributed by atoms with Crippen LogP contribution in [0, 0.1) is 10.8 Å². The van der Waals surface area contributed by atoms with Gasteiger partial charge in [-0.15, -0.1) is 0 Å². The number of aliphatic hydroxyl groups excluding tert-OH is 1. The Labute approximate surface area is 113 Å². The number of hydrogen-bond donors (Lipinski definition) is 1. The third kappa shape index (κ3) is 1.13. The quantitative estimate of drug-likeness (QED) is 0.791. The molecule has 1 aromatic heterocycles. The molecule has 19 heavy (non-hydrogen) atoms. The van der Waals surface area contributed by atoms with Crippen molar-refractivity contribution in [3.63, 3.8) is 0 Å². The van der Waals surface area contributed by atoms with E-state index in [0.717, 1.165) is 12.0 Å². The van der Waals surface area contributed by atoms with Crippen molar-refractivity contribution < 1.29 is 14.3 Å². The highest BCUT2D eigenvalue weighted by atomic mass is 16.6. The average molecular weight is 262 g/mol. The number of ether oxygens (including phenoxy) is 1. The molecule has 3 nitrogen and oxygen atoms in total. The maximum absolute atomic E-state index is 10.7. The predicted octanol–water partition coefficient (Wildman–Crippen LogP) is 3.09. The minimum Gasteiger partial charge on any atom is -0.472 e. The molecular formula is C16H22O3. The summed E-state index contributed by atoms with van der Waals surface area (Å²) in [5, 5.41) is 10.7. The summed E-state index contributed by atoms with van der Waals surface area (Å²) in [6.45, 7) is 6.91. The smallest absolute Gasteiger partial charge is 0.115 e. The zero-order valence-corrected chi connectivity index (χ0v) is 11.8. The maximum Gasteiger partial charge on any atom is 0.115 e. The highest BCUT2D eigenvalue weighted by Gasteiger charge is 2.83. The summed E-state index contributed by atoms with van der Waals surface area (Å²) in [7, 11) is 0. The monoisotopic (exact) mass is 262 g/mol. The molecule has 3 fully saturated rings. The topological polar surface area (TPSA) is 45.9 Å². The van der Waals surface area contributed by atoms with E-state index in [2.05, 4.69) is 20.8 Å². The van der Waals surface area contributed by atoms with Gasteiger partial charge in [-0.3, -0.25) is 0 Å². The molecule has 5 atom stereocenters. The molecule has 2 saturated carbocycles. The Morgan fingerprint density at radius 2 is 2.05 bits per heavy atom. The van der Waals surface area contributed by atoms with Crippen LogP contribution in [0.2, 0.25) is 0 Å². The molecule has 1 spiro atoms. The van der Waals surface area contributed by atoms with Crippen LogP contribution in [0.5, 0.6) is 0 Å². The lowest BCUT2D eigenvalue weighted by atomic mass is 9.54. The van der Waals surface area contributed by atoms with E-state index < -0.39 is 6.10 Å². The summed E-state index contributed by atoms with van der Waals surface area (Å²) in [6.07, 6.45) is 6.62. The minimum atomic E-state index is -0.403. The Bertz CT molecular complexity index is 506. The van der Waals surface area contributed by atoms with Gasteiger partial charge in [-0.05, 0) is 29.9 Å². The molecule has 0 unspecified atom stereocenters. The van der Waals surface area contributed by atoms with E-state index in [1.54, 1.807) is 12.5 Å². The number of rotatable bonds is 1. The van der Waals surface area contributed by atoms with Crippen LogP contribution in [0.1, 0.15) is 51.5 Å². The highest BCUT2D eigenvalue weighted by Crippen LogP contribution is 2.76. The van der Waals surface area contributed by atoms with Crippen LogP contribution in [0.25, 0.3) is 0 Å². The van der Waals surface area contributed by atoms with E-state index in [4.69, 9.17) is 9.15 Å². The minimum absolute atomic E-state index is 0.00713. The van der Waals surface area contributed by atoms with Gasteiger partial charge < -0.3 is 14.3 Å². The van der Waals surface area contributed by atoms with Gasteiger partial charge in [0, 0.05) is 11.3 Å². The summed E-state index contributed by atoms with van der Waals surface area (Å²) < 4.78 is 11.4. The lowest BCUT2D eigenvalue weighted by Gasteiger charge is -2.50. The van der Waals surface area contributed by atoms with Gasteiger partial charge in [0.15, 0.2) is 0 Å². The van der Waals surface area contributed by atoms with Crippen LogP contribution in [0.15, 0.2) is 23.0 Å². The summed E-state index contributed by atoms with van der Waals surface area (Å²) in [4.78, 5) is 0. The number of furan rings is 1. The van der Waals surface area contributed by atoms with Crippen LogP contribution in [0.4, 0.5) is 0 Å². The first-order valence-corrected chi connectivity index (χ1v) is 7.32. The van der Waals surface area contributed by atoms with Gasteiger partial charge in [0.2, 0.25) is 0 Å². The molecule has 0 aromatic carbocycles. The van der Waals surface area contributed by atoms with Crippen molar-refractivity contribution in [3.05, 3.63) is 24.2 Å².